The Hall–Kier alpha value is -3.06. The maximum absolute atomic E-state index is 12.1. The molecule has 4 aromatic rings. The molecule has 13 heteroatoms. The topological polar surface area (TPSA) is 142 Å². The van der Waals surface area contributed by atoms with E-state index in [-0.39, 0.29) is 16.9 Å². The summed E-state index contributed by atoms with van der Waals surface area (Å²) < 4.78 is 25.5. The van der Waals surface area contributed by atoms with Crippen molar-refractivity contribution in [2.75, 3.05) is 6.26 Å². The van der Waals surface area contributed by atoms with E-state index in [1.54, 1.807) is 31.2 Å². The average molecular weight is 481 g/mol. The molecule has 3 aromatic heterocycles. The van der Waals surface area contributed by atoms with Crippen LogP contribution in [0.4, 0.5) is 4.79 Å². The molecule has 3 heterocycles. The molecule has 1 aromatic carbocycles. The molecule has 0 spiro atoms. The summed E-state index contributed by atoms with van der Waals surface area (Å²) >= 11 is 3.37. The average Bonchev–Trinajstić information content (AvgIpc) is 3.20. The highest BCUT2D eigenvalue weighted by atomic mass is 79.9. The number of carboxylic acid groups (broad SMARTS) is 1. The van der Waals surface area contributed by atoms with E-state index in [1.165, 1.54) is 0 Å². The number of para-hydroxylation sites is 1. The molecule has 0 radical (unpaired) electrons. The van der Waals surface area contributed by atoms with Crippen LogP contribution >= 0.6 is 15.9 Å². The van der Waals surface area contributed by atoms with Crippen LogP contribution in [0.1, 0.15) is 12.6 Å². The Kier molecular flexibility index (Phi) is 4.50. The second-order valence-electron chi connectivity index (χ2n) is 6.06. The predicted molar refractivity (Wildman–Crippen MR) is 105 cm³/mol. The molecule has 0 aliphatic heterocycles. The molecule has 4 rings (SSSR count). The Morgan fingerprint density at radius 2 is 2.00 bits per heavy atom. The molecule has 0 atom stereocenters. The van der Waals surface area contributed by atoms with Gasteiger partial charge in [0.05, 0.1) is 9.86 Å². The van der Waals surface area contributed by atoms with E-state index < -0.39 is 21.1 Å². The zero-order valence-electron chi connectivity index (χ0n) is 15.1. The minimum absolute atomic E-state index is 0.115. The smallest absolute Gasteiger partial charge is 0.417 e. The summed E-state index contributed by atoms with van der Waals surface area (Å²) in [6, 6.07) is 6.98. The number of nitrogens with zero attached hydrogens (tertiary/aromatic N) is 6. The van der Waals surface area contributed by atoms with Gasteiger partial charge in [-0.25, -0.2) is 17.8 Å². The Morgan fingerprint density at radius 1 is 1.28 bits per heavy atom. The van der Waals surface area contributed by atoms with Gasteiger partial charge >= 0.3 is 6.09 Å². The van der Waals surface area contributed by atoms with Crippen LogP contribution in [0, 0.1) is 0 Å². The second kappa shape index (κ2) is 6.77. The van der Waals surface area contributed by atoms with Crippen molar-refractivity contribution in [3.63, 3.8) is 0 Å². The lowest BCUT2D eigenvalue weighted by Gasteiger charge is -2.07. The minimum Gasteiger partial charge on any atom is -0.464 e. The SMILES string of the molecule is CCc1c(Br)c2c(On3nnc4ccccc43)nc(S(C)(=O)=O)nc2n1C(=O)O. The molecule has 150 valence electrons. The molecule has 0 bridgehead atoms. The van der Waals surface area contributed by atoms with Crippen molar-refractivity contribution < 1.29 is 23.2 Å². The van der Waals surface area contributed by atoms with Crippen molar-refractivity contribution in [1.82, 2.24) is 29.7 Å². The number of sulfone groups is 1. The number of benzene rings is 1. The Labute approximate surface area is 171 Å². The molecule has 0 saturated carbocycles. The summed E-state index contributed by atoms with van der Waals surface area (Å²) in [5.41, 5.74) is 1.33. The third-order valence-electron chi connectivity index (χ3n) is 4.14. The van der Waals surface area contributed by atoms with Crippen molar-refractivity contribution in [1.29, 1.82) is 0 Å². The third kappa shape index (κ3) is 3.11. The number of hydrogen-bond donors (Lipinski definition) is 1. The Balaban J connectivity index is 2.05. The summed E-state index contributed by atoms with van der Waals surface area (Å²) in [5, 5.41) is 17.2. The lowest BCUT2D eigenvalue weighted by atomic mass is 10.3. The van der Waals surface area contributed by atoms with Gasteiger partial charge in [0.25, 0.3) is 11.0 Å². The van der Waals surface area contributed by atoms with Gasteiger partial charge in [-0.3, -0.25) is 0 Å². The maximum atomic E-state index is 12.1. The fourth-order valence-electron chi connectivity index (χ4n) is 2.88. The minimum atomic E-state index is -3.86. The van der Waals surface area contributed by atoms with E-state index in [1.807, 2.05) is 0 Å². The molecule has 29 heavy (non-hydrogen) atoms. The third-order valence-corrected chi connectivity index (χ3v) is 5.84. The largest absolute Gasteiger partial charge is 0.464 e. The van der Waals surface area contributed by atoms with Crippen LogP contribution in [0.5, 0.6) is 5.88 Å². The van der Waals surface area contributed by atoms with Crippen LogP contribution in [0.3, 0.4) is 0 Å². The van der Waals surface area contributed by atoms with Gasteiger partial charge in [0, 0.05) is 11.9 Å². The summed E-state index contributed by atoms with van der Waals surface area (Å²) in [5.74, 6) is -0.173. The van der Waals surface area contributed by atoms with Crippen molar-refractivity contribution in [3.05, 3.63) is 34.4 Å². The van der Waals surface area contributed by atoms with Crippen LogP contribution in [-0.2, 0) is 16.3 Å². The molecular weight excluding hydrogens is 468 g/mol. The zero-order valence-corrected chi connectivity index (χ0v) is 17.5. The first kappa shape index (κ1) is 19.3. The van der Waals surface area contributed by atoms with Crippen LogP contribution < -0.4 is 4.84 Å². The number of fused-ring (bicyclic) bond motifs is 2. The number of aromatic nitrogens is 6. The maximum Gasteiger partial charge on any atom is 0.417 e. The van der Waals surface area contributed by atoms with Crippen molar-refractivity contribution in [3.8, 4) is 5.88 Å². The monoisotopic (exact) mass is 480 g/mol. The first-order chi connectivity index (χ1) is 13.7. The highest BCUT2D eigenvalue weighted by molar-refractivity contribution is 9.10. The van der Waals surface area contributed by atoms with Gasteiger partial charge in [-0.15, -0.1) is 5.10 Å². The van der Waals surface area contributed by atoms with E-state index in [9.17, 15) is 18.3 Å². The molecule has 1 N–H and O–H groups in total. The molecule has 0 saturated heterocycles. The van der Waals surface area contributed by atoms with Crippen molar-refractivity contribution in [2.45, 2.75) is 18.5 Å². The van der Waals surface area contributed by atoms with Crippen LogP contribution in [0.2, 0.25) is 0 Å². The first-order valence-electron chi connectivity index (χ1n) is 8.25. The number of halogens is 1. The highest BCUT2D eigenvalue weighted by Gasteiger charge is 2.28. The van der Waals surface area contributed by atoms with E-state index >= 15 is 0 Å². The van der Waals surface area contributed by atoms with E-state index in [4.69, 9.17) is 4.84 Å². The van der Waals surface area contributed by atoms with Gasteiger partial charge in [0.1, 0.15) is 11.0 Å². The van der Waals surface area contributed by atoms with Gasteiger partial charge < -0.3 is 9.94 Å². The Morgan fingerprint density at radius 3 is 2.66 bits per heavy atom. The molecular formula is C16H13BrN6O5S. The second-order valence-corrected chi connectivity index (χ2v) is 8.76. The van der Waals surface area contributed by atoms with Gasteiger partial charge in [-0.2, -0.15) is 9.97 Å². The van der Waals surface area contributed by atoms with Gasteiger partial charge in [0.2, 0.25) is 9.84 Å². The predicted octanol–water partition coefficient (Wildman–Crippen LogP) is 2.27. The number of carbonyl (C=O) groups is 1. The Bertz CT molecular complexity index is 1390. The molecule has 0 fully saturated rings. The lowest BCUT2D eigenvalue weighted by Crippen LogP contribution is -2.15. The summed E-state index contributed by atoms with van der Waals surface area (Å²) in [6.07, 6.45) is -0.0525. The lowest BCUT2D eigenvalue weighted by molar-refractivity contribution is 0.177. The number of rotatable bonds is 4. The molecule has 0 unspecified atom stereocenters. The van der Waals surface area contributed by atoms with Crippen LogP contribution in [-0.4, -0.2) is 55.6 Å². The normalized spacial score (nSPS) is 12.0. The fourth-order valence-corrected chi connectivity index (χ4v) is 4.19. The standard InChI is InChI=1S/C16H13BrN6O5S/c1-3-9-12(17)11-13(22(9)16(24)25)18-15(29(2,26)27)19-14(11)28-23-10-7-5-4-6-8(10)20-21-23/h4-7H,3H2,1-2H3,(H,24,25). The molecule has 11 nitrogen and oxygen atoms in total. The molecule has 0 aliphatic rings. The summed E-state index contributed by atoms with van der Waals surface area (Å²) in [6.45, 7) is 1.76. The van der Waals surface area contributed by atoms with E-state index in [0.29, 0.717) is 27.6 Å². The number of hydrogen-bond acceptors (Lipinski definition) is 8. The molecule has 0 aliphatic carbocycles. The van der Waals surface area contributed by atoms with E-state index in [2.05, 4.69) is 36.2 Å². The van der Waals surface area contributed by atoms with Gasteiger partial charge in [0.15, 0.2) is 5.65 Å². The van der Waals surface area contributed by atoms with Crippen LogP contribution in [0.15, 0.2) is 33.9 Å². The molecule has 0 amide bonds. The first-order valence-corrected chi connectivity index (χ1v) is 10.9. The van der Waals surface area contributed by atoms with Gasteiger partial charge in [-0.05, 0) is 39.7 Å². The zero-order chi connectivity index (χ0) is 20.9. The van der Waals surface area contributed by atoms with Gasteiger partial charge in [-0.1, -0.05) is 23.9 Å². The fraction of sp³-hybridized carbons (Fsp3) is 0.188. The van der Waals surface area contributed by atoms with Crippen LogP contribution in [0.25, 0.3) is 22.1 Å². The van der Waals surface area contributed by atoms with E-state index in [0.717, 1.165) is 15.7 Å². The highest BCUT2D eigenvalue weighted by Crippen LogP contribution is 2.36. The quantitative estimate of drug-likeness (QED) is 0.435. The summed E-state index contributed by atoms with van der Waals surface area (Å²) in [7, 11) is -3.86. The van der Waals surface area contributed by atoms with Crippen molar-refractivity contribution >= 4 is 53.9 Å². The van der Waals surface area contributed by atoms with Crippen molar-refractivity contribution in [2.24, 2.45) is 0 Å². The summed E-state index contributed by atoms with van der Waals surface area (Å²) in [4.78, 5) is 26.7.